The van der Waals surface area contributed by atoms with E-state index in [2.05, 4.69) is 26.8 Å². The first-order chi connectivity index (χ1) is 9.36. The lowest BCUT2D eigenvalue weighted by molar-refractivity contribution is 0.397. The Bertz CT molecular complexity index is 606. The summed E-state index contributed by atoms with van der Waals surface area (Å²) in [6, 6.07) is 9.48. The molecule has 1 aromatic heterocycles. The molecule has 2 aromatic rings. The maximum absolute atomic E-state index is 8.89. The normalized spacial score (nSPS) is 19.0. The zero-order chi connectivity index (χ0) is 13.1. The van der Waals surface area contributed by atoms with Gasteiger partial charge in [0.1, 0.15) is 0 Å². The van der Waals surface area contributed by atoms with E-state index in [0.29, 0.717) is 5.56 Å². The van der Waals surface area contributed by atoms with E-state index in [1.807, 2.05) is 12.1 Å². The molecule has 96 valence electrons. The molecular formula is C13H14N6. The highest BCUT2D eigenvalue weighted by molar-refractivity contribution is 5.39. The second kappa shape index (κ2) is 5.16. The van der Waals surface area contributed by atoms with Gasteiger partial charge in [0.25, 0.3) is 0 Å². The van der Waals surface area contributed by atoms with E-state index in [4.69, 9.17) is 5.26 Å². The molecule has 0 amide bonds. The second-order valence-corrected chi connectivity index (χ2v) is 4.60. The zero-order valence-electron chi connectivity index (χ0n) is 10.5. The molecule has 0 radical (unpaired) electrons. The van der Waals surface area contributed by atoms with Crippen LogP contribution in [0.3, 0.4) is 0 Å². The van der Waals surface area contributed by atoms with Crippen molar-refractivity contribution < 1.29 is 0 Å². The average Bonchev–Trinajstić information content (AvgIpc) is 2.98. The van der Waals surface area contributed by atoms with Gasteiger partial charge in [-0.2, -0.15) is 5.26 Å². The standard InChI is InChI=1S/C13H14N6/c14-9-10-4-3-5-11(8-10)19-17-13(16-18-19)12-6-1-2-7-15-12/h3-5,8,12,15H,1-2,6-7H2/t12-/m1/s1. The molecule has 1 N–H and O–H groups in total. The van der Waals surface area contributed by atoms with Crippen LogP contribution in [0.4, 0.5) is 0 Å². The fourth-order valence-corrected chi connectivity index (χ4v) is 2.25. The third-order valence-corrected chi connectivity index (χ3v) is 3.26. The first-order valence-corrected chi connectivity index (χ1v) is 6.40. The van der Waals surface area contributed by atoms with Crippen LogP contribution in [0.15, 0.2) is 24.3 Å². The molecule has 0 spiro atoms. The van der Waals surface area contributed by atoms with E-state index in [0.717, 1.165) is 24.5 Å². The van der Waals surface area contributed by atoms with Gasteiger partial charge in [0.15, 0.2) is 5.82 Å². The van der Waals surface area contributed by atoms with Gasteiger partial charge >= 0.3 is 0 Å². The summed E-state index contributed by atoms with van der Waals surface area (Å²) in [5.74, 6) is 0.724. The van der Waals surface area contributed by atoms with Crippen molar-refractivity contribution in [3.8, 4) is 11.8 Å². The van der Waals surface area contributed by atoms with E-state index < -0.39 is 0 Å². The molecule has 1 aromatic carbocycles. The van der Waals surface area contributed by atoms with Gasteiger partial charge in [-0.25, -0.2) is 0 Å². The van der Waals surface area contributed by atoms with E-state index in [1.54, 1.807) is 12.1 Å². The van der Waals surface area contributed by atoms with Crippen molar-refractivity contribution in [3.63, 3.8) is 0 Å². The van der Waals surface area contributed by atoms with Gasteiger partial charge in [-0.15, -0.1) is 15.0 Å². The van der Waals surface area contributed by atoms with Crippen molar-refractivity contribution in [2.24, 2.45) is 0 Å². The Morgan fingerprint density at radius 2 is 2.32 bits per heavy atom. The monoisotopic (exact) mass is 254 g/mol. The van der Waals surface area contributed by atoms with E-state index in [-0.39, 0.29) is 6.04 Å². The molecule has 1 aliphatic rings. The summed E-state index contributed by atoms with van der Waals surface area (Å²) in [6.07, 6.45) is 3.44. The molecule has 1 saturated heterocycles. The number of nitrogens with one attached hydrogen (secondary N) is 1. The van der Waals surface area contributed by atoms with Crippen LogP contribution in [0.1, 0.15) is 36.7 Å². The van der Waals surface area contributed by atoms with Gasteiger partial charge in [-0.05, 0) is 42.8 Å². The maximum Gasteiger partial charge on any atom is 0.192 e. The Hall–Kier alpha value is -2.26. The van der Waals surface area contributed by atoms with Gasteiger partial charge in [0.05, 0.1) is 23.4 Å². The molecule has 1 fully saturated rings. The van der Waals surface area contributed by atoms with Gasteiger partial charge < -0.3 is 5.32 Å². The van der Waals surface area contributed by atoms with Crippen molar-refractivity contribution in [1.82, 2.24) is 25.5 Å². The molecular weight excluding hydrogens is 240 g/mol. The number of nitrogens with zero attached hydrogens (tertiary/aromatic N) is 5. The number of piperidine rings is 1. The van der Waals surface area contributed by atoms with E-state index in [9.17, 15) is 0 Å². The minimum absolute atomic E-state index is 0.196. The summed E-state index contributed by atoms with van der Waals surface area (Å²) in [5.41, 5.74) is 1.35. The highest BCUT2D eigenvalue weighted by Crippen LogP contribution is 2.19. The molecule has 6 heteroatoms. The van der Waals surface area contributed by atoms with Crippen molar-refractivity contribution in [2.75, 3.05) is 6.54 Å². The minimum atomic E-state index is 0.196. The van der Waals surface area contributed by atoms with Crippen molar-refractivity contribution >= 4 is 0 Å². The Balaban J connectivity index is 1.86. The van der Waals surface area contributed by atoms with Crippen LogP contribution in [0.5, 0.6) is 0 Å². The lowest BCUT2D eigenvalue weighted by Crippen LogP contribution is -2.27. The Morgan fingerprint density at radius 3 is 3.11 bits per heavy atom. The van der Waals surface area contributed by atoms with Gasteiger partial charge in [-0.1, -0.05) is 12.5 Å². The van der Waals surface area contributed by atoms with Gasteiger partial charge in [-0.3, -0.25) is 0 Å². The smallest absolute Gasteiger partial charge is 0.192 e. The highest BCUT2D eigenvalue weighted by Gasteiger charge is 2.19. The van der Waals surface area contributed by atoms with Crippen LogP contribution in [0.25, 0.3) is 5.69 Å². The third-order valence-electron chi connectivity index (χ3n) is 3.26. The summed E-state index contributed by atoms with van der Waals surface area (Å²) < 4.78 is 0. The van der Waals surface area contributed by atoms with Crippen LogP contribution in [0, 0.1) is 11.3 Å². The van der Waals surface area contributed by atoms with Gasteiger partial charge in [0, 0.05) is 0 Å². The van der Waals surface area contributed by atoms with Crippen LogP contribution in [0.2, 0.25) is 0 Å². The number of tetrazole rings is 1. The minimum Gasteiger partial charge on any atom is -0.307 e. The third kappa shape index (κ3) is 2.46. The first kappa shape index (κ1) is 11.8. The SMILES string of the molecule is N#Cc1cccc(-n2nnc([C@H]3CCCCN3)n2)c1. The largest absolute Gasteiger partial charge is 0.307 e. The Kier molecular flexibility index (Phi) is 3.21. The summed E-state index contributed by atoms with van der Waals surface area (Å²) in [7, 11) is 0. The van der Waals surface area contributed by atoms with Gasteiger partial charge in [0.2, 0.25) is 0 Å². The number of hydrogen-bond donors (Lipinski definition) is 1. The lowest BCUT2D eigenvalue weighted by Gasteiger charge is -2.19. The van der Waals surface area contributed by atoms with Crippen LogP contribution in [-0.4, -0.2) is 26.8 Å². The summed E-state index contributed by atoms with van der Waals surface area (Å²) in [5, 5.41) is 24.9. The van der Waals surface area contributed by atoms with Crippen LogP contribution >= 0.6 is 0 Å². The average molecular weight is 254 g/mol. The number of aromatic nitrogens is 4. The number of benzene rings is 1. The summed E-state index contributed by atoms with van der Waals surface area (Å²) in [4.78, 5) is 1.48. The Labute approximate surface area is 111 Å². The molecule has 3 rings (SSSR count). The van der Waals surface area contributed by atoms with E-state index in [1.165, 1.54) is 17.6 Å². The molecule has 1 atom stereocenters. The van der Waals surface area contributed by atoms with E-state index >= 15 is 0 Å². The Morgan fingerprint density at radius 1 is 1.37 bits per heavy atom. The molecule has 0 bridgehead atoms. The van der Waals surface area contributed by atoms with Crippen molar-refractivity contribution in [2.45, 2.75) is 25.3 Å². The molecule has 0 unspecified atom stereocenters. The molecule has 1 aliphatic heterocycles. The summed E-state index contributed by atoms with van der Waals surface area (Å²) in [6.45, 7) is 1.00. The maximum atomic E-state index is 8.89. The predicted molar refractivity (Wildman–Crippen MR) is 68.5 cm³/mol. The van der Waals surface area contributed by atoms with Crippen molar-refractivity contribution in [1.29, 1.82) is 5.26 Å². The fraction of sp³-hybridized carbons (Fsp3) is 0.385. The molecule has 6 nitrogen and oxygen atoms in total. The van der Waals surface area contributed by atoms with Crippen LogP contribution < -0.4 is 5.32 Å². The second-order valence-electron chi connectivity index (χ2n) is 4.60. The molecule has 0 aliphatic carbocycles. The number of nitriles is 1. The molecule has 19 heavy (non-hydrogen) atoms. The lowest BCUT2D eigenvalue weighted by atomic mass is 10.1. The zero-order valence-corrected chi connectivity index (χ0v) is 10.5. The molecule has 2 heterocycles. The first-order valence-electron chi connectivity index (χ1n) is 6.40. The quantitative estimate of drug-likeness (QED) is 0.875. The number of rotatable bonds is 2. The highest BCUT2D eigenvalue weighted by atomic mass is 15.6. The predicted octanol–water partition coefficient (Wildman–Crippen LogP) is 1.35. The number of hydrogen-bond acceptors (Lipinski definition) is 5. The molecule has 0 saturated carbocycles. The summed E-state index contributed by atoms with van der Waals surface area (Å²) >= 11 is 0. The topological polar surface area (TPSA) is 79.4 Å². The fourth-order valence-electron chi connectivity index (χ4n) is 2.25. The van der Waals surface area contributed by atoms with Crippen LogP contribution in [-0.2, 0) is 0 Å². The van der Waals surface area contributed by atoms with Crippen molar-refractivity contribution in [3.05, 3.63) is 35.7 Å².